The van der Waals surface area contributed by atoms with Gasteiger partial charge >= 0.3 is 0 Å². The molecule has 1 rings (SSSR count). The largest absolute Gasteiger partial charge is 0.489 e. The van der Waals surface area contributed by atoms with Crippen LogP contribution in [-0.2, 0) is 6.54 Å². The third-order valence-electron chi connectivity index (χ3n) is 2.76. The van der Waals surface area contributed by atoms with Crippen molar-refractivity contribution in [1.82, 2.24) is 5.32 Å². The molecule has 1 aromatic carbocycles. The van der Waals surface area contributed by atoms with Crippen molar-refractivity contribution in [1.29, 1.82) is 0 Å². The molecular weight excluding hydrogens is 258 g/mol. The maximum atomic E-state index is 5.72. The van der Waals surface area contributed by atoms with Crippen LogP contribution in [0.5, 0.6) is 5.75 Å². The van der Waals surface area contributed by atoms with Gasteiger partial charge in [0.2, 0.25) is 0 Å². The topological polar surface area (TPSA) is 21.3 Å². The number of benzene rings is 1. The third-order valence-corrected chi connectivity index (χ3v) is 2.93. The van der Waals surface area contributed by atoms with Crippen molar-refractivity contribution in [3.63, 3.8) is 0 Å². The molecule has 2 nitrogen and oxygen atoms in total. The predicted octanol–water partition coefficient (Wildman–Crippen LogP) is 4.32. The van der Waals surface area contributed by atoms with E-state index in [1.54, 1.807) is 6.08 Å². The summed E-state index contributed by atoms with van der Waals surface area (Å²) in [6.45, 7) is 12.0. The lowest BCUT2D eigenvalue weighted by atomic mass is 10.0. The Hall–Kier alpha value is -0.990. The second-order valence-corrected chi connectivity index (χ2v) is 6.09. The van der Waals surface area contributed by atoms with E-state index in [0.717, 1.165) is 23.4 Å². The molecule has 0 aliphatic carbocycles. The van der Waals surface area contributed by atoms with Crippen LogP contribution in [0.2, 0.25) is 0 Å². The van der Waals surface area contributed by atoms with E-state index in [9.17, 15) is 0 Å². The van der Waals surface area contributed by atoms with Crippen molar-refractivity contribution in [2.45, 2.75) is 46.7 Å². The first-order valence-electron chi connectivity index (χ1n) is 6.56. The van der Waals surface area contributed by atoms with Gasteiger partial charge in [-0.3, -0.25) is 0 Å². The van der Waals surface area contributed by atoms with Gasteiger partial charge in [0.15, 0.2) is 0 Å². The Morgan fingerprint density at radius 2 is 1.79 bits per heavy atom. The number of nitrogens with one attached hydrogen (secondary N) is 1. The quantitative estimate of drug-likeness (QED) is 0.868. The fourth-order valence-electron chi connectivity index (χ4n) is 1.90. The lowest BCUT2D eigenvalue weighted by molar-refractivity contribution is 0.357. The highest BCUT2D eigenvalue weighted by atomic mass is 35.5. The van der Waals surface area contributed by atoms with Crippen molar-refractivity contribution < 1.29 is 4.74 Å². The lowest BCUT2D eigenvalue weighted by Crippen LogP contribution is -2.35. The van der Waals surface area contributed by atoms with Gasteiger partial charge in [0, 0.05) is 17.6 Å². The van der Waals surface area contributed by atoms with E-state index in [-0.39, 0.29) is 5.54 Å². The van der Waals surface area contributed by atoms with Crippen LogP contribution in [0.15, 0.2) is 23.7 Å². The van der Waals surface area contributed by atoms with Gasteiger partial charge in [0.05, 0.1) is 0 Å². The number of aryl methyl sites for hydroxylation is 2. The monoisotopic (exact) mass is 281 g/mol. The summed E-state index contributed by atoms with van der Waals surface area (Å²) in [7, 11) is 0. The van der Waals surface area contributed by atoms with Crippen molar-refractivity contribution in [2.75, 3.05) is 6.61 Å². The molecule has 0 saturated heterocycles. The summed E-state index contributed by atoms with van der Waals surface area (Å²) in [5.41, 5.74) is 5.21. The average molecular weight is 282 g/mol. The molecule has 0 unspecified atom stereocenters. The molecule has 3 heteroatoms. The standard InChI is InChI=1S/C16H24ClNO/c1-12-9-14(11-18-16(3,4)5)10-13(2)15(12)19-8-6-7-17/h6-7,9-10,18H,8,11H2,1-5H3. The van der Waals surface area contributed by atoms with E-state index >= 15 is 0 Å². The lowest BCUT2D eigenvalue weighted by Gasteiger charge is -2.21. The van der Waals surface area contributed by atoms with E-state index in [4.69, 9.17) is 16.3 Å². The normalized spacial score (nSPS) is 12.1. The second kappa shape index (κ2) is 6.97. The number of hydrogen-bond donors (Lipinski definition) is 1. The van der Waals surface area contributed by atoms with Gasteiger partial charge in [-0.2, -0.15) is 0 Å². The molecule has 0 fully saturated rings. The molecule has 0 bridgehead atoms. The zero-order valence-electron chi connectivity index (χ0n) is 12.5. The van der Waals surface area contributed by atoms with Crippen molar-refractivity contribution in [3.8, 4) is 5.75 Å². The Morgan fingerprint density at radius 3 is 2.26 bits per heavy atom. The first-order chi connectivity index (χ1) is 8.83. The van der Waals surface area contributed by atoms with Gasteiger partial charge in [-0.1, -0.05) is 23.7 Å². The number of rotatable bonds is 5. The molecular formula is C16H24ClNO. The molecule has 0 aliphatic rings. The smallest absolute Gasteiger partial charge is 0.125 e. The maximum absolute atomic E-state index is 5.72. The molecule has 0 atom stereocenters. The fraction of sp³-hybridized carbons (Fsp3) is 0.500. The van der Waals surface area contributed by atoms with Crippen molar-refractivity contribution in [2.24, 2.45) is 0 Å². The molecule has 0 aliphatic heterocycles. The summed E-state index contributed by atoms with van der Waals surface area (Å²) in [6.07, 6.45) is 1.79. The summed E-state index contributed by atoms with van der Waals surface area (Å²) < 4.78 is 5.72. The Morgan fingerprint density at radius 1 is 1.21 bits per heavy atom. The minimum absolute atomic E-state index is 0.127. The second-order valence-electron chi connectivity index (χ2n) is 5.83. The predicted molar refractivity (Wildman–Crippen MR) is 83.0 cm³/mol. The highest BCUT2D eigenvalue weighted by molar-refractivity contribution is 6.25. The summed E-state index contributed by atoms with van der Waals surface area (Å²) in [5, 5.41) is 3.49. The van der Waals surface area contributed by atoms with E-state index in [0.29, 0.717) is 6.61 Å². The Labute approximate surface area is 121 Å². The van der Waals surface area contributed by atoms with Crippen LogP contribution in [0.4, 0.5) is 0 Å². The van der Waals surface area contributed by atoms with Gasteiger partial charge < -0.3 is 10.1 Å². The minimum Gasteiger partial charge on any atom is -0.489 e. The highest BCUT2D eigenvalue weighted by Crippen LogP contribution is 2.25. The van der Waals surface area contributed by atoms with Gasteiger partial charge in [-0.05, 0) is 57.4 Å². The molecule has 1 N–H and O–H groups in total. The van der Waals surface area contributed by atoms with Gasteiger partial charge in [0.1, 0.15) is 12.4 Å². The molecule has 0 heterocycles. The average Bonchev–Trinajstić information content (AvgIpc) is 2.29. The zero-order valence-corrected chi connectivity index (χ0v) is 13.3. The van der Waals surface area contributed by atoms with Crippen LogP contribution in [0.25, 0.3) is 0 Å². The van der Waals surface area contributed by atoms with Gasteiger partial charge in [0.25, 0.3) is 0 Å². The van der Waals surface area contributed by atoms with Crippen LogP contribution in [-0.4, -0.2) is 12.1 Å². The Bertz CT molecular complexity index is 424. The van der Waals surface area contributed by atoms with Gasteiger partial charge in [-0.15, -0.1) is 0 Å². The first kappa shape index (κ1) is 16.1. The summed E-state index contributed by atoms with van der Waals surface area (Å²) in [6, 6.07) is 4.34. The van der Waals surface area contributed by atoms with E-state index < -0.39 is 0 Å². The molecule has 0 radical (unpaired) electrons. The first-order valence-corrected chi connectivity index (χ1v) is 7.00. The van der Waals surface area contributed by atoms with Crippen molar-refractivity contribution >= 4 is 11.6 Å². The molecule has 0 amide bonds. The maximum Gasteiger partial charge on any atom is 0.125 e. The van der Waals surface area contributed by atoms with Crippen molar-refractivity contribution in [3.05, 3.63) is 40.4 Å². The minimum atomic E-state index is 0.127. The molecule has 0 saturated carbocycles. The Balaban J connectivity index is 2.78. The van der Waals surface area contributed by atoms with Crippen LogP contribution in [0.3, 0.4) is 0 Å². The van der Waals surface area contributed by atoms with E-state index in [1.165, 1.54) is 11.1 Å². The molecule has 0 spiro atoms. The zero-order chi connectivity index (χ0) is 14.5. The Kier molecular flexibility index (Phi) is 5.89. The van der Waals surface area contributed by atoms with E-state index in [2.05, 4.69) is 52.1 Å². The summed E-state index contributed by atoms with van der Waals surface area (Å²) in [4.78, 5) is 0. The highest BCUT2D eigenvalue weighted by Gasteiger charge is 2.10. The number of hydrogen-bond acceptors (Lipinski definition) is 2. The van der Waals surface area contributed by atoms with Crippen LogP contribution < -0.4 is 10.1 Å². The third kappa shape index (κ3) is 5.66. The van der Waals surface area contributed by atoms with Crippen LogP contribution in [0, 0.1) is 13.8 Å². The summed E-state index contributed by atoms with van der Waals surface area (Å²) >= 11 is 5.49. The fourth-order valence-corrected chi connectivity index (χ4v) is 1.98. The molecule has 19 heavy (non-hydrogen) atoms. The van der Waals surface area contributed by atoms with E-state index in [1.807, 2.05) is 0 Å². The molecule has 1 aromatic rings. The molecule has 106 valence electrons. The number of halogens is 1. The van der Waals surface area contributed by atoms with Crippen LogP contribution >= 0.6 is 11.6 Å². The van der Waals surface area contributed by atoms with Gasteiger partial charge in [-0.25, -0.2) is 0 Å². The SMILES string of the molecule is Cc1cc(CNC(C)(C)C)cc(C)c1OCC=CCl. The molecule has 0 aromatic heterocycles. The number of ether oxygens (including phenoxy) is 1. The summed E-state index contributed by atoms with van der Waals surface area (Å²) in [5.74, 6) is 0.953. The van der Waals surface area contributed by atoms with Crippen LogP contribution in [0.1, 0.15) is 37.5 Å².